The Bertz CT molecular complexity index is 301. The number of nitrogens with one attached hydrogen (secondary N) is 1. The van der Waals surface area contributed by atoms with E-state index in [9.17, 15) is 0 Å². The van der Waals surface area contributed by atoms with Gasteiger partial charge in [-0.3, -0.25) is 0 Å². The number of hydrogen-bond acceptors (Lipinski definition) is 2. The first-order valence-electron chi connectivity index (χ1n) is 4.16. The Balaban J connectivity index is 2.63. The van der Waals surface area contributed by atoms with Gasteiger partial charge >= 0.3 is 0 Å². The molecular weight excluding hydrogens is 178 g/mol. The molecular formula is C11H13NS. The average Bonchev–Trinajstić information content (AvgIpc) is 2.16. The second-order valence-electron chi connectivity index (χ2n) is 2.67. The molecule has 1 aromatic rings. The van der Waals surface area contributed by atoms with Crippen LogP contribution in [0.2, 0.25) is 0 Å². The van der Waals surface area contributed by atoms with Crippen molar-refractivity contribution in [2.45, 2.75) is 11.4 Å². The number of thioether (sulfide) groups is 1. The van der Waals surface area contributed by atoms with Crippen molar-refractivity contribution >= 4 is 11.8 Å². The van der Waals surface area contributed by atoms with Crippen LogP contribution in [0, 0.1) is 12.3 Å². The Hall–Kier alpha value is -0.910. The lowest BCUT2D eigenvalue weighted by Crippen LogP contribution is -2.04. The Labute approximate surface area is 83.9 Å². The Morgan fingerprint density at radius 3 is 3.08 bits per heavy atom. The maximum Gasteiger partial charge on any atom is 0.0592 e. The lowest BCUT2D eigenvalue weighted by molar-refractivity contribution is 0.815. The van der Waals surface area contributed by atoms with Crippen molar-refractivity contribution in [1.82, 2.24) is 5.32 Å². The minimum Gasteiger partial charge on any atom is -0.316 e. The van der Waals surface area contributed by atoms with Crippen molar-refractivity contribution in [2.24, 2.45) is 0 Å². The van der Waals surface area contributed by atoms with Gasteiger partial charge in [-0.05, 0) is 24.7 Å². The second kappa shape index (κ2) is 5.69. The Morgan fingerprint density at radius 2 is 2.38 bits per heavy atom. The molecule has 1 rings (SSSR count). The molecule has 0 spiro atoms. The van der Waals surface area contributed by atoms with Gasteiger partial charge < -0.3 is 5.32 Å². The molecule has 0 heterocycles. The summed E-state index contributed by atoms with van der Waals surface area (Å²) in [4.78, 5) is 1.24. The maximum atomic E-state index is 5.19. The van der Waals surface area contributed by atoms with Gasteiger partial charge in [-0.2, -0.15) is 0 Å². The summed E-state index contributed by atoms with van der Waals surface area (Å²) in [7, 11) is 1.95. The molecule has 1 aromatic carbocycles. The fourth-order valence-electron chi connectivity index (χ4n) is 1.07. The van der Waals surface area contributed by atoms with Gasteiger partial charge in [0.05, 0.1) is 5.75 Å². The van der Waals surface area contributed by atoms with Gasteiger partial charge in [-0.1, -0.05) is 18.1 Å². The largest absolute Gasteiger partial charge is 0.316 e. The van der Waals surface area contributed by atoms with E-state index in [1.807, 2.05) is 7.05 Å². The molecule has 0 aliphatic heterocycles. The van der Waals surface area contributed by atoms with Gasteiger partial charge in [0.25, 0.3) is 0 Å². The zero-order valence-corrected chi connectivity index (χ0v) is 8.53. The van der Waals surface area contributed by atoms with E-state index < -0.39 is 0 Å². The molecule has 0 bridgehead atoms. The summed E-state index contributed by atoms with van der Waals surface area (Å²) in [5.41, 5.74) is 1.30. The number of rotatable bonds is 4. The molecule has 0 saturated carbocycles. The van der Waals surface area contributed by atoms with Gasteiger partial charge in [0, 0.05) is 11.4 Å². The molecule has 0 amide bonds. The third-order valence-corrected chi connectivity index (χ3v) is 2.50. The molecule has 13 heavy (non-hydrogen) atoms. The molecule has 1 nitrogen and oxygen atoms in total. The fraction of sp³-hybridized carbons (Fsp3) is 0.273. The van der Waals surface area contributed by atoms with Gasteiger partial charge in [-0.25, -0.2) is 0 Å². The zero-order valence-electron chi connectivity index (χ0n) is 7.71. The van der Waals surface area contributed by atoms with E-state index in [-0.39, 0.29) is 0 Å². The molecule has 0 fully saturated rings. The van der Waals surface area contributed by atoms with E-state index in [0.717, 1.165) is 12.3 Å². The van der Waals surface area contributed by atoms with Crippen LogP contribution in [0.25, 0.3) is 0 Å². The van der Waals surface area contributed by atoms with E-state index in [1.54, 1.807) is 11.8 Å². The summed E-state index contributed by atoms with van der Waals surface area (Å²) in [6.45, 7) is 0.907. The van der Waals surface area contributed by atoms with Gasteiger partial charge in [-0.15, -0.1) is 18.2 Å². The third kappa shape index (κ3) is 3.54. The van der Waals surface area contributed by atoms with Crippen LogP contribution >= 0.6 is 11.8 Å². The van der Waals surface area contributed by atoms with Crippen molar-refractivity contribution in [2.75, 3.05) is 12.8 Å². The normalized spacial score (nSPS) is 9.54. The molecule has 0 unspecified atom stereocenters. The number of benzene rings is 1. The molecule has 0 radical (unpaired) electrons. The summed E-state index contributed by atoms with van der Waals surface area (Å²) in [5.74, 6) is 3.35. The summed E-state index contributed by atoms with van der Waals surface area (Å²) in [6.07, 6.45) is 5.19. The predicted molar refractivity (Wildman–Crippen MR) is 58.8 cm³/mol. The van der Waals surface area contributed by atoms with Crippen LogP contribution in [-0.2, 0) is 6.54 Å². The SMILES string of the molecule is C#CCSc1cccc(CNC)c1. The summed E-state index contributed by atoms with van der Waals surface area (Å²) < 4.78 is 0. The quantitative estimate of drug-likeness (QED) is 0.578. The van der Waals surface area contributed by atoms with E-state index in [4.69, 9.17) is 6.42 Å². The van der Waals surface area contributed by atoms with Crippen LogP contribution < -0.4 is 5.32 Å². The molecule has 0 aromatic heterocycles. The Morgan fingerprint density at radius 1 is 1.54 bits per heavy atom. The highest BCUT2D eigenvalue weighted by Crippen LogP contribution is 2.18. The monoisotopic (exact) mass is 191 g/mol. The number of hydrogen-bond donors (Lipinski definition) is 1. The maximum absolute atomic E-state index is 5.19. The minimum absolute atomic E-state index is 0.739. The van der Waals surface area contributed by atoms with Gasteiger partial charge in [0.2, 0.25) is 0 Å². The molecule has 68 valence electrons. The van der Waals surface area contributed by atoms with Crippen molar-refractivity contribution in [3.05, 3.63) is 29.8 Å². The molecule has 1 N–H and O–H groups in total. The van der Waals surface area contributed by atoms with E-state index in [0.29, 0.717) is 0 Å². The van der Waals surface area contributed by atoms with Crippen molar-refractivity contribution in [1.29, 1.82) is 0 Å². The topological polar surface area (TPSA) is 12.0 Å². The van der Waals surface area contributed by atoms with E-state index in [1.165, 1.54) is 10.5 Å². The zero-order chi connectivity index (χ0) is 9.52. The van der Waals surface area contributed by atoms with Crippen LogP contribution in [-0.4, -0.2) is 12.8 Å². The van der Waals surface area contributed by atoms with E-state index >= 15 is 0 Å². The lowest BCUT2D eigenvalue weighted by Gasteiger charge is -2.02. The first-order valence-corrected chi connectivity index (χ1v) is 5.15. The van der Waals surface area contributed by atoms with Gasteiger partial charge in [0.15, 0.2) is 0 Å². The predicted octanol–water partition coefficient (Wildman–Crippen LogP) is 2.13. The molecule has 0 atom stereocenters. The smallest absolute Gasteiger partial charge is 0.0592 e. The first kappa shape index (κ1) is 10.2. The van der Waals surface area contributed by atoms with Crippen molar-refractivity contribution < 1.29 is 0 Å². The van der Waals surface area contributed by atoms with Crippen LogP contribution in [0.1, 0.15) is 5.56 Å². The Kier molecular flexibility index (Phi) is 4.45. The fourth-order valence-corrected chi connectivity index (χ4v) is 1.73. The highest BCUT2D eigenvalue weighted by molar-refractivity contribution is 7.99. The standard InChI is InChI=1S/C11H13NS/c1-3-7-13-11-6-4-5-10(8-11)9-12-2/h1,4-6,8,12H,7,9H2,2H3. The van der Waals surface area contributed by atoms with Crippen LogP contribution in [0.15, 0.2) is 29.2 Å². The second-order valence-corrected chi connectivity index (χ2v) is 3.72. The first-order chi connectivity index (χ1) is 6.36. The lowest BCUT2D eigenvalue weighted by atomic mass is 10.2. The molecule has 2 heteroatoms. The van der Waals surface area contributed by atoms with Crippen LogP contribution in [0.3, 0.4) is 0 Å². The number of terminal acetylenes is 1. The highest BCUT2D eigenvalue weighted by atomic mass is 32.2. The molecule has 0 aliphatic carbocycles. The van der Waals surface area contributed by atoms with E-state index in [2.05, 4.69) is 35.5 Å². The minimum atomic E-state index is 0.739. The van der Waals surface area contributed by atoms with Gasteiger partial charge in [0.1, 0.15) is 0 Å². The summed E-state index contributed by atoms with van der Waals surface area (Å²) >= 11 is 1.70. The summed E-state index contributed by atoms with van der Waals surface area (Å²) in [6, 6.07) is 8.42. The molecule has 0 saturated heterocycles. The highest BCUT2D eigenvalue weighted by Gasteiger charge is 1.94. The summed E-state index contributed by atoms with van der Waals surface area (Å²) in [5, 5.41) is 3.12. The van der Waals surface area contributed by atoms with Crippen LogP contribution in [0.5, 0.6) is 0 Å². The third-order valence-electron chi connectivity index (χ3n) is 1.60. The van der Waals surface area contributed by atoms with Crippen molar-refractivity contribution in [3.8, 4) is 12.3 Å². The average molecular weight is 191 g/mol. The molecule has 0 aliphatic rings. The van der Waals surface area contributed by atoms with Crippen LogP contribution in [0.4, 0.5) is 0 Å². The van der Waals surface area contributed by atoms with Crippen molar-refractivity contribution in [3.63, 3.8) is 0 Å².